The molecule has 7 atom stereocenters. The Labute approximate surface area is 208 Å². The van der Waals surface area contributed by atoms with Gasteiger partial charge in [0.2, 0.25) is 5.91 Å². The summed E-state index contributed by atoms with van der Waals surface area (Å²) in [5, 5.41) is 11.6. The summed E-state index contributed by atoms with van der Waals surface area (Å²) in [4.78, 5) is 18.7. The fourth-order valence-electron chi connectivity index (χ4n) is 8.06. The number of hydrogen-bond acceptors (Lipinski definition) is 4. The number of carbonyl (C=O) groups excluding carboxylic acids is 1. The highest BCUT2D eigenvalue weighted by molar-refractivity contribution is 5.83. The third kappa shape index (κ3) is 5.80. The normalized spacial score (nSPS) is 37.9. The molecule has 4 aliphatic rings. The molecule has 6 heteroatoms. The molecule has 4 N–H and O–H groups in total. The van der Waals surface area contributed by atoms with Crippen molar-refractivity contribution < 1.29 is 4.79 Å². The van der Waals surface area contributed by atoms with Crippen LogP contribution in [0.15, 0.2) is 0 Å². The molecule has 34 heavy (non-hydrogen) atoms. The van der Waals surface area contributed by atoms with Gasteiger partial charge in [0.25, 0.3) is 0 Å². The van der Waals surface area contributed by atoms with E-state index in [1.165, 1.54) is 38.5 Å². The minimum Gasteiger partial charge on any atom is -0.387 e. The van der Waals surface area contributed by atoms with Crippen LogP contribution in [0.3, 0.4) is 0 Å². The highest BCUT2D eigenvalue weighted by Crippen LogP contribution is 2.45. The highest BCUT2D eigenvalue weighted by atomic mass is 16.2. The van der Waals surface area contributed by atoms with Crippen molar-refractivity contribution in [1.29, 1.82) is 5.41 Å². The first-order valence-electron chi connectivity index (χ1n) is 14.5. The van der Waals surface area contributed by atoms with Gasteiger partial charge < -0.3 is 16.0 Å². The van der Waals surface area contributed by atoms with Gasteiger partial charge in [0, 0.05) is 24.5 Å². The molecular formula is C28H51N5O. The number of nitrogens with two attached hydrogens (primary N) is 1. The third-order valence-corrected chi connectivity index (χ3v) is 10.1. The lowest BCUT2D eigenvalue weighted by atomic mass is 9.68. The fraction of sp³-hybridized carbons (Fsp3) is 0.929. The molecule has 0 aromatic rings. The van der Waals surface area contributed by atoms with Gasteiger partial charge >= 0.3 is 0 Å². The topological polar surface area (TPSA) is 85.5 Å². The number of hydrogen-bond donors (Lipinski definition) is 3. The SMILES string of the molecule is CCCC1C(CC)CCCC1CN1C(C(=O)NC2CCN(C)CC2)CC2CCC(C(=N)N)CC21. The highest BCUT2D eigenvalue weighted by Gasteiger charge is 2.49. The Morgan fingerprint density at radius 3 is 2.44 bits per heavy atom. The predicted octanol–water partition coefficient (Wildman–Crippen LogP) is 4.23. The third-order valence-electron chi connectivity index (χ3n) is 10.1. The quantitative estimate of drug-likeness (QED) is 0.364. The minimum atomic E-state index is 0.00430. The Hall–Kier alpha value is -1.14. The number of likely N-dealkylation sites (tertiary alicyclic amines) is 2. The molecular weight excluding hydrogens is 422 g/mol. The van der Waals surface area contributed by atoms with Gasteiger partial charge in [0.05, 0.1) is 11.9 Å². The largest absolute Gasteiger partial charge is 0.387 e. The molecule has 0 radical (unpaired) electrons. The van der Waals surface area contributed by atoms with E-state index < -0.39 is 0 Å². The molecule has 4 fully saturated rings. The lowest BCUT2D eigenvalue weighted by Crippen LogP contribution is -2.53. The monoisotopic (exact) mass is 473 g/mol. The first-order valence-corrected chi connectivity index (χ1v) is 14.5. The molecule has 2 aliphatic heterocycles. The van der Waals surface area contributed by atoms with Crippen LogP contribution in [-0.4, -0.2) is 66.4 Å². The van der Waals surface area contributed by atoms with Crippen LogP contribution >= 0.6 is 0 Å². The number of amidine groups is 1. The van der Waals surface area contributed by atoms with E-state index in [2.05, 4.69) is 36.0 Å². The van der Waals surface area contributed by atoms with Gasteiger partial charge in [-0.1, -0.05) is 46.0 Å². The van der Waals surface area contributed by atoms with Crippen LogP contribution in [0.1, 0.15) is 90.9 Å². The van der Waals surface area contributed by atoms with E-state index in [4.69, 9.17) is 11.1 Å². The van der Waals surface area contributed by atoms with E-state index in [0.717, 1.165) is 70.0 Å². The van der Waals surface area contributed by atoms with Gasteiger partial charge in [0.1, 0.15) is 0 Å². The molecule has 2 saturated carbocycles. The van der Waals surface area contributed by atoms with Crippen molar-refractivity contribution in [1.82, 2.24) is 15.1 Å². The Morgan fingerprint density at radius 2 is 1.76 bits per heavy atom. The molecule has 7 unspecified atom stereocenters. The summed E-state index contributed by atoms with van der Waals surface area (Å²) in [7, 11) is 2.17. The number of carbonyl (C=O) groups is 1. The van der Waals surface area contributed by atoms with E-state index in [9.17, 15) is 4.79 Å². The van der Waals surface area contributed by atoms with Crippen LogP contribution in [0.25, 0.3) is 0 Å². The Kier molecular flexibility index (Phi) is 8.95. The van der Waals surface area contributed by atoms with Gasteiger partial charge in [-0.3, -0.25) is 15.1 Å². The van der Waals surface area contributed by atoms with E-state index in [1.54, 1.807) is 0 Å². The van der Waals surface area contributed by atoms with E-state index >= 15 is 0 Å². The molecule has 0 bridgehead atoms. The summed E-state index contributed by atoms with van der Waals surface area (Å²) in [5.74, 6) is 3.75. The molecule has 2 heterocycles. The average molecular weight is 474 g/mol. The van der Waals surface area contributed by atoms with Crippen molar-refractivity contribution in [2.45, 2.75) is 109 Å². The second-order valence-corrected chi connectivity index (χ2v) is 12.1. The zero-order valence-electron chi connectivity index (χ0n) is 22.1. The molecule has 0 aromatic carbocycles. The molecule has 194 valence electrons. The van der Waals surface area contributed by atoms with Crippen molar-refractivity contribution >= 4 is 11.7 Å². The first kappa shape index (κ1) is 25.9. The van der Waals surface area contributed by atoms with Crippen LogP contribution in [0.4, 0.5) is 0 Å². The number of fused-ring (bicyclic) bond motifs is 1. The van der Waals surface area contributed by atoms with Gasteiger partial charge in [-0.25, -0.2) is 0 Å². The van der Waals surface area contributed by atoms with Gasteiger partial charge in [-0.2, -0.15) is 0 Å². The molecule has 4 rings (SSSR count). The van der Waals surface area contributed by atoms with Gasteiger partial charge in [0.15, 0.2) is 0 Å². The average Bonchev–Trinajstić information content (AvgIpc) is 3.19. The summed E-state index contributed by atoms with van der Waals surface area (Å²) in [6, 6.07) is 0.745. The minimum absolute atomic E-state index is 0.00430. The summed E-state index contributed by atoms with van der Waals surface area (Å²) in [6.45, 7) is 7.92. The Balaban J connectivity index is 1.51. The number of amides is 1. The smallest absolute Gasteiger partial charge is 0.237 e. The van der Waals surface area contributed by atoms with Crippen LogP contribution < -0.4 is 11.1 Å². The van der Waals surface area contributed by atoms with Gasteiger partial charge in [-0.05, 0) is 88.8 Å². The summed E-state index contributed by atoms with van der Waals surface area (Å²) < 4.78 is 0. The lowest BCUT2D eigenvalue weighted by Gasteiger charge is -2.44. The molecule has 0 spiro atoms. The molecule has 2 saturated heterocycles. The van der Waals surface area contributed by atoms with Crippen molar-refractivity contribution in [2.75, 3.05) is 26.7 Å². The summed E-state index contributed by atoms with van der Waals surface area (Å²) in [6.07, 6.45) is 14.1. The fourth-order valence-corrected chi connectivity index (χ4v) is 8.06. The summed E-state index contributed by atoms with van der Waals surface area (Å²) >= 11 is 0. The number of piperidine rings is 1. The van der Waals surface area contributed by atoms with Crippen LogP contribution in [0.2, 0.25) is 0 Å². The number of rotatable bonds is 8. The lowest BCUT2D eigenvalue weighted by molar-refractivity contribution is -0.127. The van der Waals surface area contributed by atoms with Crippen LogP contribution in [0, 0.1) is 35.0 Å². The molecule has 1 amide bonds. The summed E-state index contributed by atoms with van der Waals surface area (Å²) in [5.41, 5.74) is 5.99. The van der Waals surface area contributed by atoms with Crippen molar-refractivity contribution in [3.8, 4) is 0 Å². The zero-order valence-corrected chi connectivity index (χ0v) is 22.1. The van der Waals surface area contributed by atoms with Crippen molar-refractivity contribution in [3.05, 3.63) is 0 Å². The second kappa shape index (κ2) is 11.7. The van der Waals surface area contributed by atoms with E-state index in [-0.39, 0.29) is 17.9 Å². The van der Waals surface area contributed by atoms with E-state index in [0.29, 0.717) is 29.8 Å². The maximum absolute atomic E-state index is 13.7. The van der Waals surface area contributed by atoms with Crippen molar-refractivity contribution in [3.63, 3.8) is 0 Å². The van der Waals surface area contributed by atoms with Crippen LogP contribution in [-0.2, 0) is 4.79 Å². The maximum atomic E-state index is 13.7. The van der Waals surface area contributed by atoms with Crippen LogP contribution in [0.5, 0.6) is 0 Å². The number of nitrogens with zero attached hydrogens (tertiary/aromatic N) is 2. The molecule has 0 aromatic heterocycles. The predicted molar refractivity (Wildman–Crippen MR) is 140 cm³/mol. The number of nitrogens with one attached hydrogen (secondary N) is 2. The standard InChI is InChI=1S/C28H51N5O/c1-4-7-24-19(5-2)8-6-9-22(24)18-33-25-17-21(27(29)30)11-10-20(25)16-26(33)28(34)31-23-12-14-32(3)15-13-23/h19-26H,4-18H2,1-3H3,(H3,29,30)(H,31,34). The molecule has 2 aliphatic carbocycles. The van der Waals surface area contributed by atoms with Crippen molar-refractivity contribution in [2.24, 2.45) is 35.3 Å². The Morgan fingerprint density at radius 1 is 1.03 bits per heavy atom. The zero-order chi connectivity index (χ0) is 24.2. The van der Waals surface area contributed by atoms with Gasteiger partial charge in [-0.15, -0.1) is 0 Å². The first-order chi connectivity index (χ1) is 16.4. The second-order valence-electron chi connectivity index (χ2n) is 12.1. The Bertz CT molecular complexity index is 690. The molecule has 6 nitrogen and oxygen atoms in total. The van der Waals surface area contributed by atoms with E-state index in [1.807, 2.05) is 0 Å². The maximum Gasteiger partial charge on any atom is 0.237 e.